The van der Waals surface area contributed by atoms with Gasteiger partial charge >= 0.3 is 0 Å². The van der Waals surface area contributed by atoms with Crippen molar-refractivity contribution in [3.63, 3.8) is 0 Å². The predicted octanol–water partition coefficient (Wildman–Crippen LogP) is 2.21. The van der Waals surface area contributed by atoms with Crippen LogP contribution in [0.15, 0.2) is 18.5 Å². The molecule has 2 aromatic heterocycles. The highest BCUT2D eigenvalue weighted by molar-refractivity contribution is 6.29. The van der Waals surface area contributed by atoms with E-state index in [9.17, 15) is 0 Å². The highest BCUT2D eigenvalue weighted by Gasteiger charge is 1.99. The van der Waals surface area contributed by atoms with Crippen LogP contribution in [0.2, 0.25) is 5.15 Å². The molecule has 2 rings (SSSR count). The molecule has 0 saturated heterocycles. The topological polar surface area (TPSA) is 66.5 Å². The molecule has 0 atom stereocenters. The van der Waals surface area contributed by atoms with E-state index in [2.05, 4.69) is 25.3 Å². The number of aromatic amines is 1. The first-order chi connectivity index (χ1) is 8.24. The third-order valence-corrected chi connectivity index (χ3v) is 2.45. The maximum atomic E-state index is 5.84. The van der Waals surface area contributed by atoms with Gasteiger partial charge in [0.15, 0.2) is 0 Å². The van der Waals surface area contributed by atoms with Crippen molar-refractivity contribution in [2.45, 2.75) is 19.8 Å². The monoisotopic (exact) mass is 251 g/mol. The van der Waals surface area contributed by atoms with E-state index in [-0.39, 0.29) is 0 Å². The van der Waals surface area contributed by atoms with Gasteiger partial charge in [-0.3, -0.25) is 0 Å². The Morgan fingerprint density at radius 2 is 2.29 bits per heavy atom. The van der Waals surface area contributed by atoms with Crippen molar-refractivity contribution in [3.05, 3.63) is 35.3 Å². The molecule has 6 heteroatoms. The summed E-state index contributed by atoms with van der Waals surface area (Å²) >= 11 is 5.84. The number of anilines is 1. The van der Waals surface area contributed by atoms with E-state index < -0.39 is 0 Å². The number of hydrogen-bond acceptors (Lipinski definition) is 4. The molecule has 0 aliphatic rings. The fourth-order valence-electron chi connectivity index (χ4n) is 1.53. The van der Waals surface area contributed by atoms with Gasteiger partial charge in [0.2, 0.25) is 0 Å². The zero-order chi connectivity index (χ0) is 12.1. The van der Waals surface area contributed by atoms with Crippen LogP contribution in [0.3, 0.4) is 0 Å². The average molecular weight is 252 g/mol. The average Bonchev–Trinajstić information content (AvgIpc) is 2.76. The molecule has 2 heterocycles. The molecule has 0 radical (unpaired) electrons. The molecule has 0 unspecified atom stereocenters. The lowest BCUT2D eigenvalue weighted by atomic mass is 10.3. The first-order valence-corrected chi connectivity index (χ1v) is 5.85. The number of nitrogens with zero attached hydrogens (tertiary/aromatic N) is 3. The highest BCUT2D eigenvalue weighted by atomic mass is 35.5. The third kappa shape index (κ3) is 3.71. The number of halogens is 1. The zero-order valence-electron chi connectivity index (χ0n) is 9.57. The highest BCUT2D eigenvalue weighted by Crippen LogP contribution is 2.11. The van der Waals surface area contributed by atoms with E-state index in [1.807, 2.05) is 13.1 Å². The number of aryl methyl sites for hydroxylation is 2. The Bertz CT molecular complexity index is 448. The van der Waals surface area contributed by atoms with Crippen LogP contribution < -0.4 is 5.32 Å². The summed E-state index contributed by atoms with van der Waals surface area (Å²) in [5.41, 5.74) is 0. The molecular weight excluding hydrogens is 238 g/mol. The van der Waals surface area contributed by atoms with Gasteiger partial charge < -0.3 is 10.3 Å². The number of aromatic nitrogens is 4. The number of nitrogens with one attached hydrogen (secondary N) is 2. The van der Waals surface area contributed by atoms with Crippen LogP contribution in [-0.2, 0) is 6.42 Å². The van der Waals surface area contributed by atoms with Crippen LogP contribution >= 0.6 is 11.6 Å². The largest absolute Gasteiger partial charge is 0.370 e. The summed E-state index contributed by atoms with van der Waals surface area (Å²) < 4.78 is 0. The van der Waals surface area contributed by atoms with Crippen LogP contribution in [0.5, 0.6) is 0 Å². The van der Waals surface area contributed by atoms with Crippen molar-refractivity contribution < 1.29 is 0 Å². The van der Waals surface area contributed by atoms with Crippen molar-refractivity contribution in [3.8, 4) is 0 Å². The summed E-state index contributed by atoms with van der Waals surface area (Å²) in [6.07, 6.45) is 5.48. The molecule has 0 aliphatic heterocycles. The molecule has 0 fully saturated rings. The molecule has 2 N–H and O–H groups in total. The number of H-pyrrole nitrogens is 1. The standard InChI is InChI=1S/C11H14ClN5/c1-8-16-9(12)7-11(17-8)13-4-2-3-10-14-5-6-15-10/h5-7H,2-4H2,1H3,(H,14,15)(H,13,16,17). The maximum absolute atomic E-state index is 5.84. The molecule has 0 aliphatic carbocycles. The minimum absolute atomic E-state index is 0.464. The summed E-state index contributed by atoms with van der Waals surface area (Å²) in [5.74, 6) is 2.44. The van der Waals surface area contributed by atoms with Gasteiger partial charge in [-0.05, 0) is 13.3 Å². The van der Waals surface area contributed by atoms with Crippen molar-refractivity contribution in [2.24, 2.45) is 0 Å². The maximum Gasteiger partial charge on any atom is 0.134 e. The van der Waals surface area contributed by atoms with Crippen LogP contribution in [0, 0.1) is 6.92 Å². The van der Waals surface area contributed by atoms with Gasteiger partial charge in [-0.1, -0.05) is 11.6 Å². The van der Waals surface area contributed by atoms with E-state index in [1.54, 1.807) is 12.3 Å². The van der Waals surface area contributed by atoms with E-state index in [0.717, 1.165) is 31.0 Å². The molecule has 2 aromatic rings. The Morgan fingerprint density at radius 1 is 1.41 bits per heavy atom. The number of imidazole rings is 1. The lowest BCUT2D eigenvalue weighted by Gasteiger charge is -2.05. The summed E-state index contributed by atoms with van der Waals surface area (Å²) in [6.45, 7) is 2.65. The lowest BCUT2D eigenvalue weighted by molar-refractivity contribution is 0.812. The van der Waals surface area contributed by atoms with Crippen LogP contribution in [0.1, 0.15) is 18.1 Å². The van der Waals surface area contributed by atoms with Gasteiger partial charge in [-0.2, -0.15) is 0 Å². The van der Waals surface area contributed by atoms with Crippen molar-refractivity contribution in [1.29, 1.82) is 0 Å². The molecule has 0 saturated carbocycles. The minimum Gasteiger partial charge on any atom is -0.370 e. The molecule has 0 aromatic carbocycles. The Labute approximate surface area is 105 Å². The third-order valence-electron chi connectivity index (χ3n) is 2.26. The number of hydrogen-bond donors (Lipinski definition) is 2. The smallest absolute Gasteiger partial charge is 0.134 e. The Kier molecular flexibility index (Phi) is 3.93. The Hall–Kier alpha value is -1.62. The predicted molar refractivity (Wildman–Crippen MR) is 67.2 cm³/mol. The second kappa shape index (κ2) is 5.63. The number of rotatable bonds is 5. The normalized spacial score (nSPS) is 10.5. The van der Waals surface area contributed by atoms with Crippen LogP contribution in [-0.4, -0.2) is 26.5 Å². The Morgan fingerprint density at radius 3 is 3.00 bits per heavy atom. The fourth-order valence-corrected chi connectivity index (χ4v) is 1.75. The van der Waals surface area contributed by atoms with Crippen molar-refractivity contribution in [1.82, 2.24) is 19.9 Å². The van der Waals surface area contributed by atoms with Gasteiger partial charge in [0.05, 0.1) is 0 Å². The van der Waals surface area contributed by atoms with Gasteiger partial charge in [0.1, 0.15) is 22.6 Å². The molecule has 5 nitrogen and oxygen atoms in total. The fraction of sp³-hybridized carbons (Fsp3) is 0.364. The molecule has 0 bridgehead atoms. The zero-order valence-corrected chi connectivity index (χ0v) is 10.3. The SMILES string of the molecule is Cc1nc(Cl)cc(NCCCc2ncc[nH]2)n1. The molecule has 90 valence electrons. The summed E-state index contributed by atoms with van der Waals surface area (Å²) in [6, 6.07) is 1.72. The molecule has 0 amide bonds. The molecule has 0 spiro atoms. The van der Waals surface area contributed by atoms with E-state index in [4.69, 9.17) is 11.6 Å². The molecule has 17 heavy (non-hydrogen) atoms. The van der Waals surface area contributed by atoms with E-state index in [0.29, 0.717) is 11.0 Å². The lowest BCUT2D eigenvalue weighted by Crippen LogP contribution is -2.06. The van der Waals surface area contributed by atoms with Crippen LogP contribution in [0.25, 0.3) is 0 Å². The van der Waals surface area contributed by atoms with Crippen molar-refractivity contribution >= 4 is 17.4 Å². The second-order valence-corrected chi connectivity index (χ2v) is 4.08. The quantitative estimate of drug-likeness (QED) is 0.632. The van der Waals surface area contributed by atoms with Gasteiger partial charge in [0, 0.05) is 31.4 Å². The van der Waals surface area contributed by atoms with Gasteiger partial charge in [0.25, 0.3) is 0 Å². The minimum atomic E-state index is 0.464. The summed E-state index contributed by atoms with van der Waals surface area (Å²) in [7, 11) is 0. The van der Waals surface area contributed by atoms with Gasteiger partial charge in [-0.15, -0.1) is 0 Å². The summed E-state index contributed by atoms with van der Waals surface area (Å²) in [5, 5.41) is 3.68. The Balaban J connectivity index is 1.78. The van der Waals surface area contributed by atoms with Gasteiger partial charge in [-0.25, -0.2) is 15.0 Å². The summed E-state index contributed by atoms with van der Waals surface area (Å²) in [4.78, 5) is 15.5. The first-order valence-electron chi connectivity index (χ1n) is 5.47. The molecular formula is C11H14ClN5. The van der Waals surface area contributed by atoms with Crippen molar-refractivity contribution in [2.75, 3.05) is 11.9 Å². The van der Waals surface area contributed by atoms with E-state index in [1.165, 1.54) is 0 Å². The van der Waals surface area contributed by atoms with Crippen LogP contribution in [0.4, 0.5) is 5.82 Å². The second-order valence-electron chi connectivity index (χ2n) is 3.69. The van der Waals surface area contributed by atoms with E-state index >= 15 is 0 Å². The first kappa shape index (κ1) is 11.9.